The molecule has 0 fully saturated rings. The molecule has 1 atom stereocenters. The SMILES string of the molecule is C=c1ccc(=C2C3=C(C(=O)N2C(=O)OC(C)(C)CC)C(C2C=CC(Cl)=CC2)=[N+](C(=O)OC(C)(C)CC)C3=O)cc1. The van der Waals surface area contributed by atoms with Crippen LogP contribution in [0.25, 0.3) is 12.3 Å². The minimum atomic E-state index is -0.907. The van der Waals surface area contributed by atoms with Crippen molar-refractivity contribution in [3.63, 3.8) is 0 Å². The number of halogens is 1. The smallest absolute Gasteiger partial charge is 0.443 e. The minimum Gasteiger partial charge on any atom is -0.443 e. The summed E-state index contributed by atoms with van der Waals surface area (Å²) in [5, 5.41) is 1.63. The number of hydrogen-bond acceptors (Lipinski definition) is 6. The predicted octanol–water partition coefficient (Wildman–Crippen LogP) is 4.69. The Morgan fingerprint density at radius 3 is 2.17 bits per heavy atom. The van der Waals surface area contributed by atoms with Gasteiger partial charge in [0.15, 0.2) is 0 Å². The first-order valence-electron chi connectivity index (χ1n) is 13.3. The van der Waals surface area contributed by atoms with E-state index in [1.54, 1.807) is 70.2 Å². The Balaban J connectivity index is 1.97. The first-order valence-corrected chi connectivity index (χ1v) is 13.7. The fourth-order valence-electron chi connectivity index (χ4n) is 4.48. The largest absolute Gasteiger partial charge is 0.606 e. The van der Waals surface area contributed by atoms with Crippen molar-refractivity contribution in [1.29, 1.82) is 0 Å². The van der Waals surface area contributed by atoms with Crippen LogP contribution in [0.3, 0.4) is 0 Å². The normalized spacial score (nSPS) is 19.4. The maximum absolute atomic E-state index is 14.1. The number of rotatable bonds is 5. The third-order valence-electron chi connectivity index (χ3n) is 7.47. The van der Waals surface area contributed by atoms with Gasteiger partial charge in [0, 0.05) is 5.03 Å². The predicted molar refractivity (Wildman–Crippen MR) is 152 cm³/mol. The molecule has 1 aliphatic carbocycles. The van der Waals surface area contributed by atoms with Crippen molar-refractivity contribution < 1.29 is 33.2 Å². The van der Waals surface area contributed by atoms with Crippen LogP contribution in [-0.2, 0) is 19.1 Å². The number of allylic oxidation sites excluding steroid dienone is 4. The summed E-state index contributed by atoms with van der Waals surface area (Å²) in [5.41, 5.74) is -1.60. The van der Waals surface area contributed by atoms with Crippen molar-refractivity contribution in [3.8, 4) is 0 Å². The molecular formula is C31H34ClN2O6+. The maximum atomic E-state index is 14.1. The molecule has 8 nitrogen and oxygen atoms in total. The third-order valence-corrected chi connectivity index (χ3v) is 7.75. The molecule has 4 amide bonds. The van der Waals surface area contributed by atoms with Crippen LogP contribution in [0.1, 0.15) is 60.8 Å². The molecule has 0 aromatic heterocycles. The number of nitrogens with zero attached hydrogens (tertiary/aromatic N) is 2. The summed E-state index contributed by atoms with van der Waals surface area (Å²) >= 11 is 6.15. The molecule has 210 valence electrons. The first kappa shape index (κ1) is 29.2. The monoisotopic (exact) mass is 565 g/mol. The summed E-state index contributed by atoms with van der Waals surface area (Å²) in [6.07, 6.45) is 4.67. The minimum absolute atomic E-state index is 0.0303. The van der Waals surface area contributed by atoms with Gasteiger partial charge in [-0.25, -0.2) is 14.5 Å². The average Bonchev–Trinajstić information content (AvgIpc) is 3.36. The second kappa shape index (κ2) is 10.7. The molecule has 4 rings (SSSR count). The van der Waals surface area contributed by atoms with Crippen molar-refractivity contribution in [2.24, 2.45) is 5.92 Å². The molecule has 2 heterocycles. The number of benzene rings is 1. The molecule has 0 saturated heterocycles. The lowest BCUT2D eigenvalue weighted by Gasteiger charge is -2.27. The van der Waals surface area contributed by atoms with Gasteiger partial charge in [0.05, 0.1) is 11.6 Å². The summed E-state index contributed by atoms with van der Waals surface area (Å²) in [4.78, 5) is 56.3. The zero-order valence-electron chi connectivity index (χ0n) is 23.7. The van der Waals surface area contributed by atoms with Gasteiger partial charge in [0.1, 0.15) is 22.3 Å². The second-order valence-electron chi connectivity index (χ2n) is 11.2. The van der Waals surface area contributed by atoms with Crippen molar-refractivity contribution in [2.75, 3.05) is 0 Å². The van der Waals surface area contributed by atoms with E-state index in [-0.39, 0.29) is 22.6 Å². The molecule has 0 bridgehead atoms. The molecule has 1 unspecified atom stereocenters. The number of amides is 4. The molecule has 0 N–H and O–H groups in total. The van der Waals surface area contributed by atoms with Gasteiger partial charge < -0.3 is 9.47 Å². The van der Waals surface area contributed by atoms with Gasteiger partial charge in [-0.15, -0.1) is 0 Å². The van der Waals surface area contributed by atoms with Crippen molar-refractivity contribution >= 4 is 53.6 Å². The molecule has 3 aliphatic rings. The molecule has 2 aliphatic heterocycles. The van der Waals surface area contributed by atoms with Crippen LogP contribution in [0.5, 0.6) is 0 Å². The number of hydrogen-bond donors (Lipinski definition) is 0. The molecule has 1 aromatic carbocycles. The Labute approximate surface area is 238 Å². The van der Waals surface area contributed by atoms with E-state index in [2.05, 4.69) is 6.58 Å². The molecule has 40 heavy (non-hydrogen) atoms. The van der Waals surface area contributed by atoms with Gasteiger partial charge in [0.25, 0.3) is 5.91 Å². The lowest BCUT2D eigenvalue weighted by molar-refractivity contribution is -0.376. The van der Waals surface area contributed by atoms with Gasteiger partial charge in [-0.1, -0.05) is 68.4 Å². The average molecular weight is 566 g/mol. The summed E-state index contributed by atoms with van der Waals surface area (Å²) in [5.74, 6) is -2.04. The Bertz CT molecular complexity index is 1540. The highest BCUT2D eigenvalue weighted by molar-refractivity contribution is 6.39. The molecule has 0 radical (unpaired) electrons. The van der Waals surface area contributed by atoms with Gasteiger partial charge >= 0.3 is 18.1 Å². The standard InChI is InChI=1S/C31H34ClN2O6/c1-8-30(4,5)39-28(37)33-24(19-12-10-18(3)11-13-19)22-23(27(33)36)25(20-14-16-21(32)17-15-20)34(26(22)35)29(38)40-31(6,7)9-2/h10-14,16-17,20H,3,8-9,15H2,1-2,4-7H3/q+1. The highest BCUT2D eigenvalue weighted by atomic mass is 35.5. The van der Waals surface area contributed by atoms with E-state index in [9.17, 15) is 19.2 Å². The van der Waals surface area contributed by atoms with E-state index in [1.165, 1.54) is 0 Å². The molecular weight excluding hydrogens is 532 g/mol. The lowest BCUT2D eigenvalue weighted by Crippen LogP contribution is -2.44. The number of ether oxygens (including phenoxy) is 2. The quantitative estimate of drug-likeness (QED) is 0.481. The highest BCUT2D eigenvalue weighted by Gasteiger charge is 2.59. The fourth-order valence-corrected chi connectivity index (χ4v) is 4.64. The molecule has 0 saturated carbocycles. The van der Waals surface area contributed by atoms with Gasteiger partial charge in [-0.3, -0.25) is 4.79 Å². The Hall–Kier alpha value is -3.78. The van der Waals surface area contributed by atoms with Gasteiger partial charge in [-0.05, 0) is 68.0 Å². The Morgan fingerprint density at radius 2 is 1.62 bits per heavy atom. The van der Waals surface area contributed by atoms with E-state index >= 15 is 0 Å². The Kier molecular flexibility index (Phi) is 7.78. The summed E-state index contributed by atoms with van der Waals surface area (Å²) in [6.45, 7) is 14.6. The van der Waals surface area contributed by atoms with Crippen molar-refractivity contribution in [2.45, 2.75) is 72.0 Å². The summed E-state index contributed by atoms with van der Waals surface area (Å²) < 4.78 is 12.3. The number of imide groups is 2. The van der Waals surface area contributed by atoms with E-state index in [1.807, 2.05) is 13.8 Å². The topological polar surface area (TPSA) is 93.0 Å². The summed E-state index contributed by atoms with van der Waals surface area (Å²) in [7, 11) is 0. The van der Waals surface area contributed by atoms with E-state index in [0.29, 0.717) is 34.7 Å². The number of carbonyl (C=O) groups is 4. The molecule has 1 aromatic rings. The maximum Gasteiger partial charge on any atom is 0.606 e. The van der Waals surface area contributed by atoms with Crippen LogP contribution < -0.4 is 10.4 Å². The first-order chi connectivity index (χ1) is 18.7. The third kappa shape index (κ3) is 5.32. The van der Waals surface area contributed by atoms with Crippen LogP contribution in [0, 0.1) is 5.92 Å². The Morgan fingerprint density at radius 1 is 1.02 bits per heavy atom. The second-order valence-corrected chi connectivity index (χ2v) is 11.7. The van der Waals surface area contributed by atoms with Crippen LogP contribution in [0.2, 0.25) is 0 Å². The van der Waals surface area contributed by atoms with Crippen LogP contribution in [-0.4, -0.2) is 50.4 Å². The van der Waals surface area contributed by atoms with Crippen molar-refractivity contribution in [1.82, 2.24) is 4.90 Å². The van der Waals surface area contributed by atoms with E-state index in [0.717, 1.165) is 9.48 Å². The summed E-state index contributed by atoms with van der Waals surface area (Å²) in [6, 6.07) is 6.76. The zero-order valence-corrected chi connectivity index (χ0v) is 24.4. The zero-order chi connectivity index (χ0) is 29.6. The molecule has 9 heteroatoms. The highest BCUT2D eigenvalue weighted by Crippen LogP contribution is 2.40. The lowest BCUT2D eigenvalue weighted by atomic mass is 9.90. The van der Waals surface area contributed by atoms with Crippen LogP contribution in [0.4, 0.5) is 9.59 Å². The van der Waals surface area contributed by atoms with Crippen LogP contribution >= 0.6 is 11.6 Å². The van der Waals surface area contributed by atoms with E-state index < -0.39 is 41.1 Å². The van der Waals surface area contributed by atoms with Crippen molar-refractivity contribution in [3.05, 3.63) is 69.1 Å². The molecule has 0 spiro atoms. The van der Waals surface area contributed by atoms with E-state index in [4.69, 9.17) is 21.1 Å². The number of carbonyl (C=O) groups excluding carboxylic acids is 4. The van der Waals surface area contributed by atoms with Gasteiger partial charge in [0.2, 0.25) is 5.71 Å². The fraction of sp³-hybridized carbons (Fsp3) is 0.387. The van der Waals surface area contributed by atoms with Crippen LogP contribution in [0.15, 0.2) is 58.7 Å². The van der Waals surface area contributed by atoms with Gasteiger partial charge in [-0.2, -0.15) is 4.79 Å².